The van der Waals surface area contributed by atoms with Crippen molar-refractivity contribution >= 4 is 17.6 Å². The highest BCUT2D eigenvalue weighted by Crippen LogP contribution is 2.31. The molecule has 2 aromatic heterocycles. The van der Waals surface area contributed by atoms with Crippen molar-refractivity contribution in [3.63, 3.8) is 0 Å². The highest BCUT2D eigenvalue weighted by Gasteiger charge is 2.20. The molecule has 2 heterocycles. The lowest BCUT2D eigenvalue weighted by molar-refractivity contribution is 0.318. The summed E-state index contributed by atoms with van der Waals surface area (Å²) in [5, 5.41) is 21.7. The summed E-state index contributed by atoms with van der Waals surface area (Å²) in [7, 11) is 1.90. The summed E-state index contributed by atoms with van der Waals surface area (Å²) in [6.45, 7) is 1.89. The van der Waals surface area contributed by atoms with Crippen molar-refractivity contribution in [2.45, 2.75) is 36.4 Å². The molecule has 0 aromatic carbocycles. The fourth-order valence-electron chi connectivity index (χ4n) is 2.33. The van der Waals surface area contributed by atoms with Gasteiger partial charge in [0.1, 0.15) is 10.9 Å². The van der Waals surface area contributed by atoms with Gasteiger partial charge in [-0.25, -0.2) is 4.98 Å². The van der Waals surface area contributed by atoms with Gasteiger partial charge in [-0.1, -0.05) is 5.16 Å². The molecule has 0 amide bonds. The molecule has 0 unspecified atom stereocenters. The zero-order valence-corrected chi connectivity index (χ0v) is 12.7. The Labute approximate surface area is 126 Å². The molecule has 0 spiro atoms. The average molecular weight is 304 g/mol. The normalized spacial score (nSPS) is 14.5. The molecule has 21 heavy (non-hydrogen) atoms. The minimum absolute atomic E-state index is 0.0681. The van der Waals surface area contributed by atoms with E-state index in [9.17, 15) is 0 Å². The number of hydrogen-bond acceptors (Lipinski definition) is 6. The molecular formula is C13H16N6OS. The van der Waals surface area contributed by atoms with Crippen molar-refractivity contribution in [1.82, 2.24) is 19.7 Å². The van der Waals surface area contributed by atoms with Crippen LogP contribution >= 0.6 is 11.8 Å². The predicted octanol–water partition coefficient (Wildman–Crippen LogP) is 1.25. The van der Waals surface area contributed by atoms with Gasteiger partial charge in [0, 0.05) is 12.7 Å². The van der Waals surface area contributed by atoms with Crippen LogP contribution in [0.15, 0.2) is 21.4 Å². The standard InChI is InChI=1S/C13H16N6OS/c1-7-16-17-13(19(7)2)21-12-9(11(14)18-20)6-8-4-3-5-10(8)15-12/h6,20H,3-5H2,1-2H3,(H2,14,18). The van der Waals surface area contributed by atoms with E-state index in [0.717, 1.165) is 35.9 Å². The summed E-state index contributed by atoms with van der Waals surface area (Å²) >= 11 is 1.38. The van der Waals surface area contributed by atoms with E-state index in [4.69, 9.17) is 10.9 Å². The number of hydrogen-bond donors (Lipinski definition) is 2. The van der Waals surface area contributed by atoms with Crippen LogP contribution in [0.4, 0.5) is 0 Å². The lowest BCUT2D eigenvalue weighted by Gasteiger charge is -2.10. The van der Waals surface area contributed by atoms with Gasteiger partial charge in [0.2, 0.25) is 0 Å². The molecule has 0 fully saturated rings. The molecule has 0 atom stereocenters. The number of rotatable bonds is 3. The number of aryl methyl sites for hydroxylation is 3. The van der Waals surface area contributed by atoms with Gasteiger partial charge in [0.05, 0.1) is 5.56 Å². The first-order valence-corrected chi connectivity index (χ1v) is 7.46. The Morgan fingerprint density at radius 2 is 2.24 bits per heavy atom. The van der Waals surface area contributed by atoms with E-state index in [1.54, 1.807) is 0 Å². The number of nitrogens with zero attached hydrogens (tertiary/aromatic N) is 5. The number of aromatic nitrogens is 4. The van der Waals surface area contributed by atoms with Crippen molar-refractivity contribution in [1.29, 1.82) is 0 Å². The van der Waals surface area contributed by atoms with E-state index < -0.39 is 0 Å². The van der Waals surface area contributed by atoms with Gasteiger partial charge < -0.3 is 15.5 Å². The molecule has 3 N–H and O–H groups in total. The van der Waals surface area contributed by atoms with Crippen molar-refractivity contribution in [2.24, 2.45) is 17.9 Å². The van der Waals surface area contributed by atoms with Gasteiger partial charge in [-0.2, -0.15) is 0 Å². The molecule has 0 saturated carbocycles. The topological polar surface area (TPSA) is 102 Å². The van der Waals surface area contributed by atoms with Gasteiger partial charge in [-0.05, 0) is 49.6 Å². The summed E-state index contributed by atoms with van der Waals surface area (Å²) in [6.07, 6.45) is 3.05. The van der Waals surface area contributed by atoms with E-state index in [1.165, 1.54) is 17.3 Å². The van der Waals surface area contributed by atoms with E-state index in [-0.39, 0.29) is 5.84 Å². The molecule has 0 radical (unpaired) electrons. The van der Waals surface area contributed by atoms with Crippen LogP contribution < -0.4 is 5.73 Å². The monoisotopic (exact) mass is 304 g/mol. The van der Waals surface area contributed by atoms with Gasteiger partial charge in [-0.15, -0.1) is 10.2 Å². The fourth-order valence-corrected chi connectivity index (χ4v) is 3.28. The van der Waals surface area contributed by atoms with Gasteiger partial charge >= 0.3 is 0 Å². The highest BCUT2D eigenvalue weighted by atomic mass is 32.2. The third-order valence-corrected chi connectivity index (χ3v) is 4.68. The van der Waals surface area contributed by atoms with E-state index >= 15 is 0 Å². The Hall–Kier alpha value is -2.09. The summed E-state index contributed by atoms with van der Waals surface area (Å²) < 4.78 is 1.88. The molecule has 1 aliphatic carbocycles. The average Bonchev–Trinajstić information content (AvgIpc) is 3.06. The minimum Gasteiger partial charge on any atom is -0.409 e. The molecule has 2 aromatic rings. The van der Waals surface area contributed by atoms with Crippen LogP contribution in [0.1, 0.15) is 29.1 Å². The van der Waals surface area contributed by atoms with Crippen molar-refractivity contribution < 1.29 is 5.21 Å². The maximum atomic E-state index is 8.98. The Bertz CT molecular complexity index is 724. The van der Waals surface area contributed by atoms with E-state index in [0.29, 0.717) is 10.6 Å². The first-order chi connectivity index (χ1) is 10.1. The molecule has 3 rings (SSSR count). The number of pyridine rings is 1. The fraction of sp³-hybridized carbons (Fsp3) is 0.385. The second-order valence-electron chi connectivity index (χ2n) is 4.98. The molecule has 7 nitrogen and oxygen atoms in total. The summed E-state index contributed by atoms with van der Waals surface area (Å²) in [6, 6.07) is 1.97. The van der Waals surface area contributed by atoms with Crippen molar-refractivity contribution in [3.05, 3.63) is 28.7 Å². The summed E-state index contributed by atoms with van der Waals surface area (Å²) in [5.41, 5.74) is 8.70. The number of fused-ring (bicyclic) bond motifs is 1. The minimum atomic E-state index is 0.0681. The van der Waals surface area contributed by atoms with Crippen molar-refractivity contribution in [2.75, 3.05) is 0 Å². The number of oxime groups is 1. The number of amidine groups is 1. The van der Waals surface area contributed by atoms with E-state index in [2.05, 4.69) is 20.3 Å². The highest BCUT2D eigenvalue weighted by molar-refractivity contribution is 7.99. The van der Waals surface area contributed by atoms with Gasteiger partial charge in [0.15, 0.2) is 11.0 Å². The summed E-state index contributed by atoms with van der Waals surface area (Å²) in [4.78, 5) is 4.68. The molecule has 0 aliphatic heterocycles. The lowest BCUT2D eigenvalue weighted by atomic mass is 10.1. The first kappa shape index (κ1) is 13.9. The third-order valence-electron chi connectivity index (χ3n) is 3.64. The van der Waals surface area contributed by atoms with Crippen LogP contribution in [0.25, 0.3) is 0 Å². The van der Waals surface area contributed by atoms with Crippen LogP contribution in [0, 0.1) is 6.92 Å². The molecule has 8 heteroatoms. The Kier molecular flexibility index (Phi) is 3.54. The van der Waals surface area contributed by atoms with Gasteiger partial charge in [-0.3, -0.25) is 0 Å². The molecular weight excluding hydrogens is 288 g/mol. The third kappa shape index (κ3) is 2.46. The maximum absolute atomic E-state index is 8.98. The van der Waals surface area contributed by atoms with Crippen LogP contribution in [0.2, 0.25) is 0 Å². The smallest absolute Gasteiger partial charge is 0.197 e. The molecule has 0 saturated heterocycles. The van der Waals surface area contributed by atoms with Crippen LogP contribution in [0.5, 0.6) is 0 Å². The molecule has 0 bridgehead atoms. The number of nitrogens with two attached hydrogens (primary N) is 1. The first-order valence-electron chi connectivity index (χ1n) is 6.64. The van der Waals surface area contributed by atoms with Crippen molar-refractivity contribution in [3.8, 4) is 0 Å². The quantitative estimate of drug-likeness (QED) is 0.383. The Morgan fingerprint density at radius 3 is 2.90 bits per heavy atom. The van der Waals surface area contributed by atoms with Crippen LogP contribution in [-0.2, 0) is 19.9 Å². The summed E-state index contributed by atoms with van der Waals surface area (Å²) in [5.74, 6) is 0.891. The lowest BCUT2D eigenvalue weighted by Crippen LogP contribution is -2.16. The Morgan fingerprint density at radius 1 is 1.43 bits per heavy atom. The Balaban J connectivity index is 2.06. The van der Waals surface area contributed by atoms with E-state index in [1.807, 2.05) is 24.6 Å². The SMILES string of the molecule is Cc1nnc(Sc2nc3c(cc2C(N)=NO)CCC3)n1C. The molecule has 110 valence electrons. The van der Waals surface area contributed by atoms with Crippen LogP contribution in [-0.4, -0.2) is 30.8 Å². The maximum Gasteiger partial charge on any atom is 0.197 e. The zero-order chi connectivity index (χ0) is 15.0. The predicted molar refractivity (Wildman–Crippen MR) is 78.6 cm³/mol. The van der Waals surface area contributed by atoms with Crippen LogP contribution in [0.3, 0.4) is 0 Å². The largest absolute Gasteiger partial charge is 0.409 e. The van der Waals surface area contributed by atoms with Gasteiger partial charge in [0.25, 0.3) is 0 Å². The zero-order valence-electron chi connectivity index (χ0n) is 11.9. The molecule has 1 aliphatic rings. The second kappa shape index (κ2) is 5.36. The second-order valence-corrected chi connectivity index (χ2v) is 5.93.